The summed E-state index contributed by atoms with van der Waals surface area (Å²) in [4.78, 5) is 27.2. The molecule has 0 saturated heterocycles. The molecule has 2 aromatic heterocycles. The normalized spacial score (nSPS) is 11.9. The van der Waals surface area contributed by atoms with Crippen LogP contribution in [0, 0.1) is 0 Å². The van der Waals surface area contributed by atoms with Crippen molar-refractivity contribution in [2.45, 2.75) is 43.8 Å². The van der Waals surface area contributed by atoms with Crippen LogP contribution in [0.15, 0.2) is 53.0 Å². The topological polar surface area (TPSA) is 94.1 Å². The van der Waals surface area contributed by atoms with Crippen LogP contribution in [-0.2, 0) is 22.7 Å². The second kappa shape index (κ2) is 10.4. The summed E-state index contributed by atoms with van der Waals surface area (Å²) in [7, 11) is 0. The maximum absolute atomic E-state index is 13.1. The number of hydrogen-bond donors (Lipinski definition) is 1. The monoisotopic (exact) mass is 443 g/mol. The molecule has 2 N–H and O–H groups in total. The van der Waals surface area contributed by atoms with Crippen molar-refractivity contribution in [3.05, 3.63) is 53.4 Å². The minimum atomic E-state index is -0.388. The molecule has 7 nitrogen and oxygen atoms in total. The van der Waals surface area contributed by atoms with Gasteiger partial charge in [-0.2, -0.15) is 0 Å². The number of benzene rings is 1. The highest BCUT2D eigenvalue weighted by atomic mass is 32.2. The SMILES string of the molecule is CCN(Cc1ccccc1)C(=O)C(C)Sc1nnc(-c2cccs2)n1CCC(N)=O. The molecular formula is C21H25N5O2S2. The van der Waals surface area contributed by atoms with Crippen molar-refractivity contribution in [1.82, 2.24) is 19.7 Å². The molecule has 0 radical (unpaired) electrons. The molecule has 2 amide bonds. The van der Waals surface area contributed by atoms with Gasteiger partial charge in [-0.15, -0.1) is 21.5 Å². The minimum absolute atomic E-state index is 0.0356. The lowest BCUT2D eigenvalue weighted by Gasteiger charge is -2.24. The number of carbonyl (C=O) groups excluding carboxylic acids is 2. The molecule has 1 unspecified atom stereocenters. The van der Waals surface area contributed by atoms with Gasteiger partial charge in [0.25, 0.3) is 0 Å². The molecule has 158 valence electrons. The first-order valence-corrected chi connectivity index (χ1v) is 11.5. The highest BCUT2D eigenvalue weighted by Gasteiger charge is 2.24. The van der Waals surface area contributed by atoms with Crippen molar-refractivity contribution < 1.29 is 9.59 Å². The van der Waals surface area contributed by atoms with E-state index in [1.165, 1.54) is 11.8 Å². The van der Waals surface area contributed by atoms with Crippen molar-refractivity contribution in [2.75, 3.05) is 6.54 Å². The zero-order valence-corrected chi connectivity index (χ0v) is 18.7. The molecular weight excluding hydrogens is 418 g/mol. The first kappa shape index (κ1) is 22.0. The lowest BCUT2D eigenvalue weighted by molar-refractivity contribution is -0.130. The number of nitrogens with zero attached hydrogens (tertiary/aromatic N) is 4. The third-order valence-electron chi connectivity index (χ3n) is 4.58. The zero-order chi connectivity index (χ0) is 21.5. The van der Waals surface area contributed by atoms with E-state index < -0.39 is 0 Å². The molecule has 9 heteroatoms. The van der Waals surface area contributed by atoms with E-state index in [0.29, 0.717) is 30.6 Å². The van der Waals surface area contributed by atoms with Crippen LogP contribution < -0.4 is 5.73 Å². The predicted molar refractivity (Wildman–Crippen MR) is 120 cm³/mol. The van der Waals surface area contributed by atoms with Gasteiger partial charge in [0, 0.05) is 26.1 Å². The highest BCUT2D eigenvalue weighted by molar-refractivity contribution is 8.00. The molecule has 1 aromatic carbocycles. The van der Waals surface area contributed by atoms with Crippen LogP contribution in [-0.4, -0.2) is 43.3 Å². The van der Waals surface area contributed by atoms with Crippen LogP contribution in [0.5, 0.6) is 0 Å². The Balaban J connectivity index is 1.76. The van der Waals surface area contributed by atoms with E-state index in [1.54, 1.807) is 11.3 Å². The number of hydrogen-bond acceptors (Lipinski definition) is 6. The predicted octanol–water partition coefficient (Wildman–Crippen LogP) is 3.41. The molecule has 0 aliphatic carbocycles. The van der Waals surface area contributed by atoms with Crippen molar-refractivity contribution in [3.8, 4) is 10.7 Å². The molecule has 0 fully saturated rings. The number of thioether (sulfide) groups is 1. The average Bonchev–Trinajstić information content (AvgIpc) is 3.40. The summed E-state index contributed by atoms with van der Waals surface area (Å²) in [5.74, 6) is 0.333. The Morgan fingerprint density at radius 3 is 2.60 bits per heavy atom. The van der Waals surface area contributed by atoms with Gasteiger partial charge >= 0.3 is 0 Å². The number of carbonyl (C=O) groups is 2. The van der Waals surface area contributed by atoms with Gasteiger partial charge in [-0.3, -0.25) is 9.59 Å². The van der Waals surface area contributed by atoms with E-state index in [-0.39, 0.29) is 23.5 Å². The standard InChI is InChI=1S/C21H25N5O2S2/c1-3-25(14-16-8-5-4-6-9-16)20(28)15(2)30-21-24-23-19(17-10-7-13-29-17)26(21)12-11-18(22)27/h4-10,13,15H,3,11-12,14H2,1-2H3,(H2,22,27). The van der Waals surface area contributed by atoms with E-state index in [2.05, 4.69) is 10.2 Å². The summed E-state index contributed by atoms with van der Waals surface area (Å²) in [6.45, 7) is 5.41. The number of amides is 2. The smallest absolute Gasteiger partial charge is 0.236 e. The molecule has 0 bridgehead atoms. The molecule has 0 aliphatic rings. The van der Waals surface area contributed by atoms with Crippen LogP contribution in [0.2, 0.25) is 0 Å². The van der Waals surface area contributed by atoms with Gasteiger partial charge in [0.05, 0.1) is 10.1 Å². The fraction of sp³-hybridized carbons (Fsp3) is 0.333. The Labute approximate surface area is 184 Å². The summed E-state index contributed by atoms with van der Waals surface area (Å²) in [5, 5.41) is 10.8. The number of aromatic nitrogens is 3. The van der Waals surface area contributed by atoms with Gasteiger partial charge < -0.3 is 15.2 Å². The first-order valence-electron chi connectivity index (χ1n) is 9.74. The van der Waals surface area contributed by atoms with Crippen LogP contribution >= 0.6 is 23.1 Å². The van der Waals surface area contributed by atoms with Gasteiger partial charge in [-0.25, -0.2) is 0 Å². The van der Waals surface area contributed by atoms with Crippen LogP contribution in [0.25, 0.3) is 10.7 Å². The molecule has 30 heavy (non-hydrogen) atoms. The number of nitrogens with two attached hydrogens (primary N) is 1. The fourth-order valence-electron chi connectivity index (χ4n) is 3.00. The summed E-state index contributed by atoms with van der Waals surface area (Å²) in [6, 6.07) is 13.8. The van der Waals surface area contributed by atoms with Crippen molar-refractivity contribution in [2.24, 2.45) is 5.73 Å². The molecule has 1 atom stereocenters. The third-order valence-corrected chi connectivity index (χ3v) is 6.51. The van der Waals surface area contributed by atoms with E-state index in [9.17, 15) is 9.59 Å². The lowest BCUT2D eigenvalue weighted by atomic mass is 10.2. The van der Waals surface area contributed by atoms with E-state index in [1.807, 2.05) is 71.2 Å². The third kappa shape index (κ3) is 5.48. The Hall–Kier alpha value is -2.65. The summed E-state index contributed by atoms with van der Waals surface area (Å²) in [6.07, 6.45) is 0.182. The Bertz CT molecular complexity index is 973. The summed E-state index contributed by atoms with van der Waals surface area (Å²) >= 11 is 2.90. The summed E-state index contributed by atoms with van der Waals surface area (Å²) < 4.78 is 1.87. The average molecular weight is 444 g/mol. The molecule has 2 heterocycles. The van der Waals surface area contributed by atoms with Crippen molar-refractivity contribution >= 4 is 34.9 Å². The Kier molecular flexibility index (Phi) is 7.64. The lowest BCUT2D eigenvalue weighted by Crippen LogP contribution is -2.36. The van der Waals surface area contributed by atoms with Crippen LogP contribution in [0.1, 0.15) is 25.8 Å². The molecule has 0 saturated carbocycles. The van der Waals surface area contributed by atoms with E-state index in [0.717, 1.165) is 10.4 Å². The van der Waals surface area contributed by atoms with Gasteiger partial charge in [0.2, 0.25) is 11.8 Å². The van der Waals surface area contributed by atoms with Crippen molar-refractivity contribution in [1.29, 1.82) is 0 Å². The van der Waals surface area contributed by atoms with Gasteiger partial charge in [-0.1, -0.05) is 48.2 Å². The molecule has 0 spiro atoms. The maximum Gasteiger partial charge on any atom is 0.236 e. The highest BCUT2D eigenvalue weighted by Crippen LogP contribution is 2.30. The fourth-order valence-corrected chi connectivity index (χ4v) is 4.68. The van der Waals surface area contributed by atoms with Crippen LogP contribution in [0.3, 0.4) is 0 Å². The second-order valence-electron chi connectivity index (χ2n) is 6.75. The van der Waals surface area contributed by atoms with E-state index in [4.69, 9.17) is 5.73 Å². The Morgan fingerprint density at radius 2 is 1.97 bits per heavy atom. The summed E-state index contributed by atoms with van der Waals surface area (Å²) in [5.41, 5.74) is 6.44. The number of thiophene rings is 1. The number of primary amides is 1. The quantitative estimate of drug-likeness (QED) is 0.485. The van der Waals surface area contributed by atoms with Gasteiger partial charge in [0.15, 0.2) is 11.0 Å². The largest absolute Gasteiger partial charge is 0.370 e. The van der Waals surface area contributed by atoms with Crippen LogP contribution in [0.4, 0.5) is 0 Å². The maximum atomic E-state index is 13.1. The van der Waals surface area contributed by atoms with Gasteiger partial charge in [0.1, 0.15) is 0 Å². The molecule has 3 aromatic rings. The zero-order valence-electron chi connectivity index (χ0n) is 17.0. The van der Waals surface area contributed by atoms with E-state index >= 15 is 0 Å². The molecule has 0 aliphatic heterocycles. The number of rotatable bonds is 10. The van der Waals surface area contributed by atoms with Gasteiger partial charge in [-0.05, 0) is 30.9 Å². The van der Waals surface area contributed by atoms with Crippen molar-refractivity contribution in [3.63, 3.8) is 0 Å². The Morgan fingerprint density at radius 1 is 1.20 bits per heavy atom. The molecule has 3 rings (SSSR count). The second-order valence-corrected chi connectivity index (χ2v) is 9.01. The minimum Gasteiger partial charge on any atom is -0.370 e. The first-order chi connectivity index (χ1) is 14.5.